The number of nitro groups is 1. The maximum Gasteiger partial charge on any atom is 0.324 e. The third kappa shape index (κ3) is 4.46. The normalized spacial score (nSPS) is 12.2. The molecule has 0 bridgehead atoms. The molecule has 1 atom stereocenters. The molecule has 1 unspecified atom stereocenters. The fourth-order valence-corrected chi connectivity index (χ4v) is 2.04. The van der Waals surface area contributed by atoms with Crippen molar-refractivity contribution in [1.82, 2.24) is 5.32 Å². The van der Waals surface area contributed by atoms with Crippen molar-refractivity contribution in [3.63, 3.8) is 0 Å². The molecule has 0 spiro atoms. The van der Waals surface area contributed by atoms with Crippen LogP contribution in [0.2, 0.25) is 0 Å². The Hall–Kier alpha value is -1.67. The van der Waals surface area contributed by atoms with Crippen LogP contribution in [0.25, 0.3) is 0 Å². The number of nitro benzene ring substituents is 1. The molecule has 20 heavy (non-hydrogen) atoms. The van der Waals surface area contributed by atoms with Crippen molar-refractivity contribution in [3.05, 3.63) is 32.8 Å². The van der Waals surface area contributed by atoms with E-state index >= 15 is 0 Å². The number of nitrogens with zero attached hydrogens (tertiary/aromatic N) is 1. The molecule has 1 aromatic rings. The Kier molecular flexibility index (Phi) is 5.90. The summed E-state index contributed by atoms with van der Waals surface area (Å²) in [4.78, 5) is 21.3. The van der Waals surface area contributed by atoms with Crippen molar-refractivity contribution in [2.45, 2.75) is 25.9 Å². The molecule has 0 radical (unpaired) electrons. The van der Waals surface area contributed by atoms with Crippen LogP contribution >= 0.6 is 15.9 Å². The summed E-state index contributed by atoms with van der Waals surface area (Å²) in [6, 6.07) is 3.43. The number of carboxylic acid groups (broad SMARTS) is 1. The fourth-order valence-electron chi connectivity index (χ4n) is 1.52. The van der Waals surface area contributed by atoms with Crippen molar-refractivity contribution in [2.75, 3.05) is 6.61 Å². The van der Waals surface area contributed by atoms with E-state index in [0.717, 1.165) is 0 Å². The lowest BCUT2D eigenvalue weighted by Gasteiger charge is -2.18. The van der Waals surface area contributed by atoms with Gasteiger partial charge in [0.25, 0.3) is 5.69 Å². The van der Waals surface area contributed by atoms with Crippen molar-refractivity contribution < 1.29 is 19.6 Å². The number of halogens is 1. The van der Waals surface area contributed by atoms with Gasteiger partial charge in [0.15, 0.2) is 0 Å². The summed E-state index contributed by atoms with van der Waals surface area (Å²) < 4.78 is 5.55. The number of hydrogen-bond donors (Lipinski definition) is 2. The number of carbonyl (C=O) groups is 1. The number of rotatable bonds is 7. The topological polar surface area (TPSA) is 102 Å². The fraction of sp³-hybridized carbons (Fsp3) is 0.417. The Morgan fingerprint density at radius 2 is 2.20 bits per heavy atom. The number of carboxylic acids is 1. The van der Waals surface area contributed by atoms with Crippen LogP contribution in [0.3, 0.4) is 0 Å². The van der Waals surface area contributed by atoms with Crippen molar-refractivity contribution in [2.24, 2.45) is 0 Å². The standard InChI is InChI=1S/C12H15BrN2O5/c1-7(2)14-8(12(16)17)6-20-10-5-3-4-9(11(10)13)15(18)19/h3-5,7-8,14H,6H2,1-2H3,(H,16,17). The van der Waals surface area contributed by atoms with E-state index in [1.165, 1.54) is 18.2 Å². The summed E-state index contributed by atoms with van der Waals surface area (Å²) in [5.74, 6) is -0.809. The van der Waals surface area contributed by atoms with Gasteiger partial charge in [-0.05, 0) is 22.0 Å². The molecule has 0 aliphatic carbocycles. The van der Waals surface area contributed by atoms with Crippen LogP contribution in [-0.4, -0.2) is 34.7 Å². The molecule has 0 fully saturated rings. The molecule has 0 heterocycles. The van der Waals surface area contributed by atoms with Gasteiger partial charge in [-0.25, -0.2) is 0 Å². The Morgan fingerprint density at radius 1 is 1.55 bits per heavy atom. The maximum absolute atomic E-state index is 11.1. The van der Waals surface area contributed by atoms with Gasteiger partial charge in [0.2, 0.25) is 0 Å². The summed E-state index contributed by atoms with van der Waals surface area (Å²) in [6.45, 7) is 3.51. The average Bonchev–Trinajstić information content (AvgIpc) is 2.34. The minimum atomic E-state index is -1.04. The summed E-state index contributed by atoms with van der Waals surface area (Å²) in [7, 11) is 0. The lowest BCUT2D eigenvalue weighted by atomic mass is 10.2. The summed E-state index contributed by atoms with van der Waals surface area (Å²) in [6.07, 6.45) is 0. The molecule has 0 saturated heterocycles. The van der Waals surface area contributed by atoms with Gasteiger partial charge in [-0.15, -0.1) is 0 Å². The summed E-state index contributed by atoms with van der Waals surface area (Å²) in [5, 5.41) is 22.7. The molecule has 7 nitrogen and oxygen atoms in total. The lowest BCUT2D eigenvalue weighted by molar-refractivity contribution is -0.385. The number of hydrogen-bond acceptors (Lipinski definition) is 5. The van der Waals surface area contributed by atoms with Gasteiger partial charge in [0.05, 0.1) is 4.92 Å². The SMILES string of the molecule is CC(C)NC(COc1cccc([N+](=O)[O-])c1Br)C(=O)O. The Balaban J connectivity index is 2.80. The first-order valence-corrected chi connectivity index (χ1v) is 6.66. The first-order valence-electron chi connectivity index (χ1n) is 5.87. The third-order valence-electron chi connectivity index (χ3n) is 2.38. The quantitative estimate of drug-likeness (QED) is 0.579. The van der Waals surface area contributed by atoms with Crippen LogP contribution in [0.15, 0.2) is 22.7 Å². The molecule has 1 rings (SSSR count). The molecule has 0 aliphatic rings. The predicted molar refractivity (Wildman–Crippen MR) is 76.0 cm³/mol. The predicted octanol–water partition coefficient (Wildman–Crippen LogP) is 2.19. The molecule has 2 N–H and O–H groups in total. The third-order valence-corrected chi connectivity index (χ3v) is 3.17. The van der Waals surface area contributed by atoms with Crippen LogP contribution < -0.4 is 10.1 Å². The van der Waals surface area contributed by atoms with Crippen molar-refractivity contribution in [3.8, 4) is 5.75 Å². The van der Waals surface area contributed by atoms with Crippen LogP contribution in [0.5, 0.6) is 5.75 Å². The van der Waals surface area contributed by atoms with Crippen LogP contribution in [0.1, 0.15) is 13.8 Å². The van der Waals surface area contributed by atoms with Crippen LogP contribution in [0, 0.1) is 10.1 Å². The smallest absolute Gasteiger partial charge is 0.324 e. The highest BCUT2D eigenvalue weighted by Crippen LogP contribution is 2.33. The van der Waals surface area contributed by atoms with E-state index in [9.17, 15) is 14.9 Å². The highest BCUT2D eigenvalue weighted by Gasteiger charge is 2.21. The van der Waals surface area contributed by atoms with Gasteiger partial charge in [0.1, 0.15) is 22.9 Å². The summed E-state index contributed by atoms with van der Waals surface area (Å²) in [5.41, 5.74) is -0.133. The van der Waals surface area contributed by atoms with Gasteiger partial charge in [-0.3, -0.25) is 20.2 Å². The molecule has 0 aliphatic heterocycles. The van der Waals surface area contributed by atoms with Gasteiger partial charge < -0.3 is 9.84 Å². The van der Waals surface area contributed by atoms with Gasteiger partial charge in [0, 0.05) is 12.1 Å². The Labute approximate surface area is 124 Å². The molecule has 8 heteroatoms. The second kappa shape index (κ2) is 7.20. The Bertz CT molecular complexity index is 507. The van der Waals surface area contributed by atoms with Gasteiger partial charge in [-0.1, -0.05) is 19.9 Å². The van der Waals surface area contributed by atoms with Crippen molar-refractivity contribution in [1.29, 1.82) is 0 Å². The van der Waals surface area contributed by atoms with Crippen LogP contribution in [-0.2, 0) is 4.79 Å². The zero-order valence-electron chi connectivity index (χ0n) is 11.0. The van der Waals surface area contributed by atoms with Gasteiger partial charge >= 0.3 is 5.97 Å². The molecule has 0 aromatic heterocycles. The minimum absolute atomic E-state index is 0.0201. The zero-order chi connectivity index (χ0) is 15.3. The van der Waals surface area contributed by atoms with Gasteiger partial charge in [-0.2, -0.15) is 0 Å². The van der Waals surface area contributed by atoms with E-state index in [-0.39, 0.29) is 28.6 Å². The van der Waals surface area contributed by atoms with E-state index < -0.39 is 16.9 Å². The molecule has 0 saturated carbocycles. The molecular formula is C12H15BrN2O5. The first kappa shape index (κ1) is 16.4. The van der Waals surface area contributed by atoms with E-state index in [1.807, 2.05) is 13.8 Å². The molecular weight excluding hydrogens is 332 g/mol. The summed E-state index contributed by atoms with van der Waals surface area (Å²) >= 11 is 3.09. The zero-order valence-corrected chi connectivity index (χ0v) is 12.6. The minimum Gasteiger partial charge on any atom is -0.490 e. The number of benzene rings is 1. The number of ether oxygens (including phenoxy) is 1. The highest BCUT2D eigenvalue weighted by atomic mass is 79.9. The number of nitrogens with one attached hydrogen (secondary N) is 1. The van der Waals surface area contributed by atoms with E-state index in [4.69, 9.17) is 9.84 Å². The highest BCUT2D eigenvalue weighted by molar-refractivity contribution is 9.10. The lowest BCUT2D eigenvalue weighted by Crippen LogP contribution is -2.44. The second-order valence-corrected chi connectivity index (χ2v) is 5.16. The van der Waals surface area contributed by atoms with Crippen LogP contribution in [0.4, 0.5) is 5.69 Å². The molecule has 110 valence electrons. The Morgan fingerprint density at radius 3 is 2.70 bits per heavy atom. The van der Waals surface area contributed by atoms with E-state index in [1.54, 1.807) is 0 Å². The average molecular weight is 347 g/mol. The molecule has 0 amide bonds. The first-order chi connectivity index (χ1) is 9.32. The second-order valence-electron chi connectivity index (χ2n) is 4.37. The van der Waals surface area contributed by atoms with E-state index in [0.29, 0.717) is 0 Å². The number of aliphatic carboxylic acids is 1. The monoisotopic (exact) mass is 346 g/mol. The largest absolute Gasteiger partial charge is 0.490 e. The molecule has 1 aromatic carbocycles. The van der Waals surface area contributed by atoms with Crippen molar-refractivity contribution >= 4 is 27.6 Å². The maximum atomic E-state index is 11.1. The van der Waals surface area contributed by atoms with E-state index in [2.05, 4.69) is 21.2 Å².